The summed E-state index contributed by atoms with van der Waals surface area (Å²) in [6.07, 6.45) is 5.02. The average Bonchev–Trinajstić information content (AvgIpc) is 3.16. The van der Waals surface area contributed by atoms with E-state index in [0.29, 0.717) is 6.04 Å². The molecule has 24 heavy (non-hydrogen) atoms. The molecule has 0 spiro atoms. The largest absolute Gasteiger partial charge is 0.378 e. The van der Waals surface area contributed by atoms with Gasteiger partial charge in [-0.25, -0.2) is 4.98 Å². The van der Waals surface area contributed by atoms with Crippen LogP contribution in [-0.2, 0) is 4.74 Å². The maximum absolute atomic E-state index is 5.47. The lowest BCUT2D eigenvalue weighted by Gasteiger charge is -2.28. The molecule has 2 heterocycles. The second kappa shape index (κ2) is 7.18. The molecular formula is C19H24N4O. The van der Waals surface area contributed by atoms with Crippen molar-refractivity contribution in [3.8, 4) is 11.3 Å². The second-order valence-corrected chi connectivity index (χ2v) is 6.53. The number of hydrogen-bond donors (Lipinski definition) is 1. The van der Waals surface area contributed by atoms with Crippen molar-refractivity contribution in [2.24, 2.45) is 0 Å². The SMILES string of the molecule is c1ccc(-c2cc(N3CCOCC3)nc(NC3CCCC3)n2)cc1. The van der Waals surface area contributed by atoms with Crippen molar-refractivity contribution < 1.29 is 4.74 Å². The minimum absolute atomic E-state index is 0.508. The van der Waals surface area contributed by atoms with Gasteiger partial charge in [0.1, 0.15) is 5.82 Å². The number of hydrogen-bond acceptors (Lipinski definition) is 5. The Bertz CT molecular complexity index is 664. The van der Waals surface area contributed by atoms with Gasteiger partial charge in [0.25, 0.3) is 0 Å². The fourth-order valence-electron chi connectivity index (χ4n) is 3.46. The van der Waals surface area contributed by atoms with Crippen LogP contribution in [0.3, 0.4) is 0 Å². The molecule has 4 rings (SSSR count). The van der Waals surface area contributed by atoms with E-state index in [1.54, 1.807) is 0 Å². The van der Waals surface area contributed by atoms with Gasteiger partial charge in [0.05, 0.1) is 18.9 Å². The highest BCUT2D eigenvalue weighted by Crippen LogP contribution is 2.26. The van der Waals surface area contributed by atoms with Gasteiger partial charge >= 0.3 is 0 Å². The summed E-state index contributed by atoms with van der Waals surface area (Å²) in [6, 6.07) is 12.9. The summed E-state index contributed by atoms with van der Waals surface area (Å²) in [5.74, 6) is 1.75. The highest BCUT2D eigenvalue weighted by molar-refractivity contribution is 5.65. The van der Waals surface area contributed by atoms with Crippen LogP contribution < -0.4 is 10.2 Å². The summed E-state index contributed by atoms with van der Waals surface area (Å²) in [5.41, 5.74) is 2.11. The standard InChI is InChI=1S/C19H24N4O/c1-2-6-15(7-3-1)17-14-18(23-10-12-24-13-11-23)22-19(21-17)20-16-8-4-5-9-16/h1-3,6-7,14,16H,4-5,8-13H2,(H,20,21,22). The number of benzene rings is 1. The van der Waals surface area contributed by atoms with E-state index in [1.807, 2.05) is 6.07 Å². The van der Waals surface area contributed by atoms with E-state index in [1.165, 1.54) is 25.7 Å². The van der Waals surface area contributed by atoms with Crippen LogP contribution in [0.25, 0.3) is 11.3 Å². The van der Waals surface area contributed by atoms with Crippen molar-refractivity contribution in [3.05, 3.63) is 36.4 Å². The molecule has 5 heteroatoms. The van der Waals surface area contributed by atoms with Crippen molar-refractivity contribution in [2.75, 3.05) is 36.5 Å². The fourth-order valence-corrected chi connectivity index (χ4v) is 3.46. The third-order valence-electron chi connectivity index (χ3n) is 4.81. The van der Waals surface area contributed by atoms with E-state index in [4.69, 9.17) is 14.7 Å². The van der Waals surface area contributed by atoms with Crippen LogP contribution in [0.1, 0.15) is 25.7 Å². The zero-order chi connectivity index (χ0) is 16.2. The molecule has 0 radical (unpaired) electrons. The summed E-state index contributed by atoms with van der Waals surface area (Å²) in [7, 11) is 0. The second-order valence-electron chi connectivity index (χ2n) is 6.53. The number of nitrogens with zero attached hydrogens (tertiary/aromatic N) is 3. The molecule has 2 aliphatic rings. The van der Waals surface area contributed by atoms with Crippen molar-refractivity contribution in [1.82, 2.24) is 9.97 Å². The maximum Gasteiger partial charge on any atom is 0.225 e. The van der Waals surface area contributed by atoms with Gasteiger partial charge in [-0.3, -0.25) is 0 Å². The Balaban J connectivity index is 1.66. The molecule has 5 nitrogen and oxygen atoms in total. The molecular weight excluding hydrogens is 300 g/mol. The molecule has 1 aliphatic heterocycles. The van der Waals surface area contributed by atoms with E-state index in [-0.39, 0.29) is 0 Å². The molecule has 1 aromatic carbocycles. The van der Waals surface area contributed by atoms with Gasteiger partial charge < -0.3 is 15.0 Å². The Morgan fingerprint density at radius 2 is 1.75 bits per heavy atom. The quantitative estimate of drug-likeness (QED) is 0.935. The Morgan fingerprint density at radius 1 is 1.00 bits per heavy atom. The molecule has 0 amide bonds. The number of nitrogens with one attached hydrogen (secondary N) is 1. The van der Waals surface area contributed by atoms with Crippen LogP contribution >= 0.6 is 0 Å². The van der Waals surface area contributed by atoms with Crippen LogP contribution in [0.15, 0.2) is 36.4 Å². The molecule has 1 saturated heterocycles. The number of ether oxygens (including phenoxy) is 1. The summed E-state index contributed by atoms with van der Waals surface area (Å²) < 4.78 is 5.47. The lowest BCUT2D eigenvalue weighted by atomic mass is 10.1. The first-order chi connectivity index (χ1) is 11.9. The molecule has 1 N–H and O–H groups in total. The van der Waals surface area contributed by atoms with Crippen molar-refractivity contribution in [2.45, 2.75) is 31.7 Å². The van der Waals surface area contributed by atoms with Crippen LogP contribution in [0.2, 0.25) is 0 Å². The number of aromatic nitrogens is 2. The van der Waals surface area contributed by atoms with Gasteiger partial charge in [-0.05, 0) is 12.8 Å². The topological polar surface area (TPSA) is 50.3 Å². The molecule has 1 aromatic heterocycles. The molecule has 0 atom stereocenters. The van der Waals surface area contributed by atoms with Crippen LogP contribution in [0, 0.1) is 0 Å². The van der Waals surface area contributed by atoms with Crippen molar-refractivity contribution in [1.29, 1.82) is 0 Å². The van der Waals surface area contributed by atoms with Crippen LogP contribution in [0.5, 0.6) is 0 Å². The summed E-state index contributed by atoms with van der Waals surface area (Å²) in [6.45, 7) is 3.29. The monoisotopic (exact) mass is 324 g/mol. The molecule has 1 saturated carbocycles. The zero-order valence-corrected chi connectivity index (χ0v) is 13.9. The summed E-state index contributed by atoms with van der Waals surface area (Å²) in [4.78, 5) is 11.9. The van der Waals surface area contributed by atoms with E-state index < -0.39 is 0 Å². The van der Waals surface area contributed by atoms with Crippen molar-refractivity contribution >= 4 is 11.8 Å². The molecule has 0 bridgehead atoms. The number of anilines is 2. The van der Waals surface area contributed by atoms with Gasteiger partial charge in [-0.15, -0.1) is 0 Å². The van der Waals surface area contributed by atoms with Gasteiger partial charge in [-0.2, -0.15) is 4.98 Å². The molecule has 2 aromatic rings. The lowest BCUT2D eigenvalue weighted by molar-refractivity contribution is 0.122. The maximum atomic E-state index is 5.47. The normalized spacial score (nSPS) is 18.8. The lowest BCUT2D eigenvalue weighted by Crippen LogP contribution is -2.37. The van der Waals surface area contributed by atoms with Gasteiger partial charge in [0, 0.05) is 30.8 Å². The number of morpholine rings is 1. The van der Waals surface area contributed by atoms with E-state index >= 15 is 0 Å². The molecule has 126 valence electrons. The van der Waals surface area contributed by atoms with Crippen LogP contribution in [0.4, 0.5) is 11.8 Å². The third kappa shape index (κ3) is 3.51. The van der Waals surface area contributed by atoms with Gasteiger partial charge in [0.2, 0.25) is 5.95 Å². The zero-order valence-electron chi connectivity index (χ0n) is 13.9. The van der Waals surface area contributed by atoms with E-state index in [2.05, 4.69) is 40.5 Å². The average molecular weight is 324 g/mol. The van der Waals surface area contributed by atoms with Crippen molar-refractivity contribution in [3.63, 3.8) is 0 Å². The molecule has 2 fully saturated rings. The Morgan fingerprint density at radius 3 is 2.50 bits per heavy atom. The first-order valence-corrected chi connectivity index (χ1v) is 8.92. The summed E-state index contributed by atoms with van der Waals surface area (Å²) >= 11 is 0. The summed E-state index contributed by atoms with van der Waals surface area (Å²) in [5, 5.41) is 3.55. The predicted molar refractivity (Wildman–Crippen MR) is 96.4 cm³/mol. The Kier molecular flexibility index (Phi) is 4.60. The smallest absolute Gasteiger partial charge is 0.225 e. The highest BCUT2D eigenvalue weighted by atomic mass is 16.5. The highest BCUT2D eigenvalue weighted by Gasteiger charge is 2.19. The Labute approximate surface area is 143 Å². The van der Waals surface area contributed by atoms with Gasteiger partial charge in [0.15, 0.2) is 0 Å². The van der Waals surface area contributed by atoms with Gasteiger partial charge in [-0.1, -0.05) is 43.2 Å². The minimum Gasteiger partial charge on any atom is -0.378 e. The first-order valence-electron chi connectivity index (χ1n) is 8.92. The number of rotatable bonds is 4. The molecule has 1 aliphatic carbocycles. The predicted octanol–water partition coefficient (Wildman–Crippen LogP) is 3.33. The third-order valence-corrected chi connectivity index (χ3v) is 4.81. The first kappa shape index (κ1) is 15.4. The van der Waals surface area contributed by atoms with E-state index in [0.717, 1.165) is 49.3 Å². The fraction of sp³-hybridized carbons (Fsp3) is 0.474. The van der Waals surface area contributed by atoms with E-state index in [9.17, 15) is 0 Å². The Hall–Kier alpha value is -2.14. The van der Waals surface area contributed by atoms with Crippen LogP contribution in [-0.4, -0.2) is 42.3 Å². The molecule has 0 unspecified atom stereocenters. The minimum atomic E-state index is 0.508.